The van der Waals surface area contributed by atoms with E-state index in [-0.39, 0.29) is 10.4 Å². The van der Waals surface area contributed by atoms with Crippen LogP contribution in [-0.4, -0.2) is 5.16 Å². The summed E-state index contributed by atoms with van der Waals surface area (Å²) in [4.78, 5) is -0.0649. The molecule has 0 unspecified atom stereocenters. The van der Waals surface area contributed by atoms with E-state index in [0.717, 1.165) is 12.1 Å². The highest BCUT2D eigenvalue weighted by atomic mass is 19.4. The summed E-state index contributed by atoms with van der Waals surface area (Å²) in [6.45, 7) is 0. The first-order valence-corrected chi connectivity index (χ1v) is 3.56. The van der Waals surface area contributed by atoms with E-state index < -0.39 is 17.3 Å². The molecule has 1 aromatic carbocycles. The second-order valence-corrected chi connectivity index (χ2v) is 2.60. The standard InChI is InChI=1S/C7H3F3N2O2/c8-7(9,10)4-2-1-3-5-6(4)11-14-12(5)13/h1-3H. The first-order chi connectivity index (χ1) is 6.50. The number of halogens is 3. The number of rotatable bonds is 0. The zero-order valence-corrected chi connectivity index (χ0v) is 6.58. The molecular formula is C7H3F3N2O2. The highest BCUT2D eigenvalue weighted by molar-refractivity contribution is 5.74. The molecule has 0 bridgehead atoms. The van der Waals surface area contributed by atoms with Crippen LogP contribution in [0.1, 0.15) is 5.56 Å². The maximum atomic E-state index is 12.3. The van der Waals surface area contributed by atoms with E-state index in [2.05, 4.69) is 9.79 Å². The summed E-state index contributed by atoms with van der Waals surface area (Å²) >= 11 is 0. The lowest BCUT2D eigenvalue weighted by Gasteiger charge is -2.02. The molecule has 74 valence electrons. The predicted octanol–water partition coefficient (Wildman–Crippen LogP) is 1.48. The van der Waals surface area contributed by atoms with E-state index in [1.807, 2.05) is 0 Å². The molecule has 7 heteroatoms. The molecule has 2 aromatic rings. The molecule has 1 heterocycles. The molecule has 0 fully saturated rings. The number of benzene rings is 1. The number of aromatic nitrogens is 2. The largest absolute Gasteiger partial charge is 0.420 e. The van der Waals surface area contributed by atoms with Gasteiger partial charge in [-0.25, -0.2) is 0 Å². The molecule has 0 atom stereocenters. The van der Waals surface area contributed by atoms with Crippen LogP contribution < -0.4 is 4.90 Å². The Bertz CT molecular complexity index is 477. The summed E-state index contributed by atoms with van der Waals surface area (Å²) < 4.78 is 41.1. The van der Waals surface area contributed by atoms with Gasteiger partial charge in [0.05, 0.1) is 0 Å². The van der Waals surface area contributed by atoms with Gasteiger partial charge in [0.1, 0.15) is 5.56 Å². The Balaban J connectivity index is 2.79. The summed E-state index contributed by atoms with van der Waals surface area (Å²) in [6.07, 6.45) is -4.54. The molecule has 0 aliphatic rings. The third-order valence-electron chi connectivity index (χ3n) is 1.72. The van der Waals surface area contributed by atoms with Crippen LogP contribution in [0.25, 0.3) is 11.0 Å². The van der Waals surface area contributed by atoms with Gasteiger partial charge in [-0.2, -0.15) is 13.2 Å². The van der Waals surface area contributed by atoms with Crippen LogP contribution in [-0.2, 0) is 6.18 Å². The van der Waals surface area contributed by atoms with E-state index in [9.17, 15) is 18.4 Å². The van der Waals surface area contributed by atoms with Gasteiger partial charge in [-0.05, 0) is 17.0 Å². The van der Waals surface area contributed by atoms with E-state index >= 15 is 0 Å². The van der Waals surface area contributed by atoms with Gasteiger partial charge in [0.25, 0.3) is 5.52 Å². The fourth-order valence-corrected chi connectivity index (χ4v) is 1.13. The van der Waals surface area contributed by atoms with Gasteiger partial charge < -0.3 is 5.21 Å². The first kappa shape index (κ1) is 8.79. The minimum absolute atomic E-state index is 0.0649. The van der Waals surface area contributed by atoms with Crippen molar-refractivity contribution in [2.75, 3.05) is 0 Å². The van der Waals surface area contributed by atoms with Crippen molar-refractivity contribution in [3.05, 3.63) is 29.0 Å². The van der Waals surface area contributed by atoms with Crippen LogP contribution in [0, 0.1) is 5.21 Å². The Morgan fingerprint density at radius 2 is 2.07 bits per heavy atom. The molecule has 2 rings (SSSR count). The summed E-state index contributed by atoms with van der Waals surface area (Å²) in [5.74, 6) is 0. The van der Waals surface area contributed by atoms with E-state index in [0.29, 0.717) is 0 Å². The Hall–Kier alpha value is -1.79. The highest BCUT2D eigenvalue weighted by Gasteiger charge is 2.36. The third-order valence-corrected chi connectivity index (χ3v) is 1.72. The van der Waals surface area contributed by atoms with Gasteiger partial charge in [-0.15, -0.1) is 0 Å². The average molecular weight is 204 g/mol. The smallest absolute Gasteiger partial charge is 0.359 e. The maximum Gasteiger partial charge on any atom is 0.420 e. The van der Waals surface area contributed by atoms with Crippen LogP contribution in [0.5, 0.6) is 0 Å². The van der Waals surface area contributed by atoms with Gasteiger partial charge in [-0.1, -0.05) is 6.07 Å². The topological polar surface area (TPSA) is 53.0 Å². The Morgan fingerprint density at radius 1 is 1.36 bits per heavy atom. The first-order valence-electron chi connectivity index (χ1n) is 3.56. The van der Waals surface area contributed by atoms with Crippen LogP contribution in [0.4, 0.5) is 13.2 Å². The summed E-state index contributed by atoms with van der Waals surface area (Å²) in [5.41, 5.74) is -1.69. The third kappa shape index (κ3) is 1.17. The number of alkyl halides is 3. The highest BCUT2D eigenvalue weighted by Crippen LogP contribution is 2.32. The second kappa shape index (κ2) is 2.60. The molecule has 0 saturated heterocycles. The van der Waals surface area contributed by atoms with Crippen molar-refractivity contribution in [3.8, 4) is 0 Å². The van der Waals surface area contributed by atoms with Crippen LogP contribution in [0.3, 0.4) is 0 Å². The normalized spacial score (nSPS) is 12.2. The minimum atomic E-state index is -4.54. The fraction of sp³-hybridized carbons (Fsp3) is 0.143. The molecule has 0 N–H and O–H groups in total. The molecule has 0 aliphatic carbocycles. The molecule has 14 heavy (non-hydrogen) atoms. The van der Waals surface area contributed by atoms with Crippen LogP contribution in [0.15, 0.2) is 22.8 Å². The van der Waals surface area contributed by atoms with Crippen molar-refractivity contribution in [1.82, 2.24) is 5.16 Å². The molecule has 0 aliphatic heterocycles. The van der Waals surface area contributed by atoms with Crippen molar-refractivity contribution in [2.24, 2.45) is 0 Å². The van der Waals surface area contributed by atoms with Crippen molar-refractivity contribution >= 4 is 11.0 Å². The summed E-state index contributed by atoms with van der Waals surface area (Å²) in [6, 6.07) is 3.16. The Morgan fingerprint density at radius 3 is 2.71 bits per heavy atom. The van der Waals surface area contributed by atoms with Gasteiger partial charge in [0.2, 0.25) is 5.52 Å². The molecule has 0 amide bonds. The summed E-state index contributed by atoms with van der Waals surface area (Å²) in [7, 11) is 0. The Labute approximate surface area is 75.1 Å². The van der Waals surface area contributed by atoms with E-state index in [4.69, 9.17) is 0 Å². The molecule has 0 saturated carbocycles. The fourth-order valence-electron chi connectivity index (χ4n) is 1.13. The van der Waals surface area contributed by atoms with Crippen molar-refractivity contribution in [3.63, 3.8) is 0 Å². The quantitative estimate of drug-likeness (QED) is 0.610. The lowest BCUT2D eigenvalue weighted by Crippen LogP contribution is -2.22. The lowest BCUT2D eigenvalue weighted by atomic mass is 10.2. The zero-order valence-electron chi connectivity index (χ0n) is 6.58. The lowest BCUT2D eigenvalue weighted by molar-refractivity contribution is -0.782. The second-order valence-electron chi connectivity index (χ2n) is 2.60. The number of fused-ring (bicyclic) bond motifs is 1. The van der Waals surface area contributed by atoms with E-state index in [1.165, 1.54) is 6.07 Å². The maximum absolute atomic E-state index is 12.3. The molecule has 4 nitrogen and oxygen atoms in total. The number of nitrogens with zero attached hydrogens (tertiary/aromatic N) is 2. The molecule has 0 radical (unpaired) electrons. The average Bonchev–Trinajstić information content (AvgIpc) is 2.46. The zero-order chi connectivity index (χ0) is 10.3. The van der Waals surface area contributed by atoms with Gasteiger partial charge in [0.15, 0.2) is 0 Å². The number of hydrogen-bond donors (Lipinski definition) is 0. The van der Waals surface area contributed by atoms with Gasteiger partial charge in [-0.3, -0.25) is 4.63 Å². The Kier molecular flexibility index (Phi) is 1.63. The van der Waals surface area contributed by atoms with Crippen LogP contribution in [0.2, 0.25) is 0 Å². The van der Waals surface area contributed by atoms with Crippen molar-refractivity contribution in [2.45, 2.75) is 6.18 Å². The predicted molar refractivity (Wildman–Crippen MR) is 38.0 cm³/mol. The molecular weight excluding hydrogens is 201 g/mol. The minimum Gasteiger partial charge on any atom is -0.359 e. The number of hydrogen-bond acceptors (Lipinski definition) is 3. The van der Waals surface area contributed by atoms with Crippen molar-refractivity contribution < 1.29 is 22.7 Å². The monoisotopic (exact) mass is 204 g/mol. The van der Waals surface area contributed by atoms with Gasteiger partial charge in [0, 0.05) is 5.16 Å². The summed E-state index contributed by atoms with van der Waals surface area (Å²) in [5, 5.41) is 13.8. The van der Waals surface area contributed by atoms with E-state index in [1.54, 1.807) is 0 Å². The molecule has 1 aromatic heterocycles. The molecule has 0 spiro atoms. The van der Waals surface area contributed by atoms with Crippen molar-refractivity contribution in [1.29, 1.82) is 0 Å². The SMILES string of the molecule is [O-][n+]1onc2c(C(F)(F)F)cccc21. The van der Waals surface area contributed by atoms with Crippen LogP contribution >= 0.6 is 0 Å². The van der Waals surface area contributed by atoms with Gasteiger partial charge >= 0.3 is 6.18 Å².